The van der Waals surface area contributed by atoms with Gasteiger partial charge in [-0.25, -0.2) is 4.79 Å². The van der Waals surface area contributed by atoms with Gasteiger partial charge in [-0.05, 0) is 25.5 Å². The predicted octanol–water partition coefficient (Wildman–Crippen LogP) is 1.64. The second-order valence-corrected chi connectivity index (χ2v) is 7.99. The largest absolute Gasteiger partial charge is 0.493 e. The van der Waals surface area contributed by atoms with Crippen molar-refractivity contribution < 1.29 is 28.6 Å². The summed E-state index contributed by atoms with van der Waals surface area (Å²) in [5.41, 5.74) is 0.493. The molecule has 1 aromatic carbocycles. The maximum absolute atomic E-state index is 12.4. The molecule has 2 aliphatic rings. The van der Waals surface area contributed by atoms with Crippen molar-refractivity contribution in [3.63, 3.8) is 0 Å². The highest BCUT2D eigenvalue weighted by molar-refractivity contribution is 8.01. The molecule has 0 spiro atoms. The summed E-state index contributed by atoms with van der Waals surface area (Å²) in [5.74, 6) is 0.430. The Morgan fingerprint density at radius 1 is 1.30 bits per heavy atom. The number of methoxy groups -OCH3 is 2. The molecule has 0 radical (unpaired) electrons. The fraction of sp³-hybridized carbons (Fsp3) is 0.500. The molecule has 2 saturated heterocycles. The minimum atomic E-state index is -0.635. The summed E-state index contributed by atoms with van der Waals surface area (Å²) in [6, 6.07) is 4.29. The first-order valence-electron chi connectivity index (χ1n) is 8.52. The van der Waals surface area contributed by atoms with Gasteiger partial charge in [0.2, 0.25) is 5.91 Å². The Kier molecular flexibility index (Phi) is 5.50. The smallest absolute Gasteiger partial charge is 0.330 e. The van der Waals surface area contributed by atoms with Crippen LogP contribution in [-0.4, -0.2) is 60.2 Å². The maximum atomic E-state index is 12.4. The Morgan fingerprint density at radius 2 is 2.04 bits per heavy atom. The molecule has 146 valence electrons. The van der Waals surface area contributed by atoms with Crippen molar-refractivity contribution in [2.45, 2.75) is 30.7 Å². The highest BCUT2D eigenvalue weighted by Crippen LogP contribution is 2.47. The van der Waals surface area contributed by atoms with Crippen molar-refractivity contribution in [3.8, 4) is 11.5 Å². The van der Waals surface area contributed by atoms with Gasteiger partial charge in [0.1, 0.15) is 6.04 Å². The van der Waals surface area contributed by atoms with Crippen LogP contribution in [0.25, 0.3) is 0 Å². The first kappa shape index (κ1) is 19.3. The molecule has 2 fully saturated rings. The van der Waals surface area contributed by atoms with E-state index in [0.29, 0.717) is 29.4 Å². The van der Waals surface area contributed by atoms with Crippen molar-refractivity contribution in [1.29, 1.82) is 0 Å². The normalized spacial score (nSPS) is 23.7. The molecular weight excluding hydrogens is 372 g/mol. The fourth-order valence-corrected chi connectivity index (χ4v) is 4.76. The Balaban J connectivity index is 1.55. The number of carbonyl (C=O) groups excluding carboxylic acids is 3. The van der Waals surface area contributed by atoms with Crippen molar-refractivity contribution in [2.75, 3.05) is 31.9 Å². The minimum absolute atomic E-state index is 0.0424. The van der Waals surface area contributed by atoms with Gasteiger partial charge in [-0.15, -0.1) is 11.8 Å². The Labute approximate surface area is 161 Å². The molecule has 2 aliphatic heterocycles. The van der Waals surface area contributed by atoms with Gasteiger partial charge in [0, 0.05) is 23.9 Å². The highest BCUT2D eigenvalue weighted by atomic mass is 32.2. The third-order valence-corrected chi connectivity index (χ3v) is 6.23. The molecule has 0 unspecified atom stereocenters. The zero-order chi connectivity index (χ0) is 19.6. The van der Waals surface area contributed by atoms with E-state index < -0.39 is 24.5 Å². The van der Waals surface area contributed by atoms with Gasteiger partial charge in [-0.3, -0.25) is 9.59 Å². The third kappa shape index (κ3) is 3.83. The zero-order valence-electron chi connectivity index (χ0n) is 15.4. The quantitative estimate of drug-likeness (QED) is 0.733. The van der Waals surface area contributed by atoms with Crippen molar-refractivity contribution >= 4 is 35.2 Å². The monoisotopic (exact) mass is 394 g/mol. The number of nitrogens with one attached hydrogen (secondary N) is 1. The Bertz CT molecular complexity index is 770. The first-order valence-corrected chi connectivity index (χ1v) is 9.51. The molecule has 3 rings (SSSR count). The number of thioether (sulfide) groups is 1. The van der Waals surface area contributed by atoms with Crippen LogP contribution in [0.3, 0.4) is 0 Å². The average molecular weight is 394 g/mol. The summed E-state index contributed by atoms with van der Waals surface area (Å²) >= 11 is 1.58. The fourth-order valence-electron chi connectivity index (χ4n) is 3.34. The van der Waals surface area contributed by atoms with Crippen LogP contribution in [-0.2, 0) is 19.1 Å². The first-order chi connectivity index (χ1) is 12.9. The summed E-state index contributed by atoms with van der Waals surface area (Å²) in [4.78, 5) is 37.8. The Hall–Kier alpha value is -2.42. The molecule has 1 N–H and O–H groups in total. The van der Waals surface area contributed by atoms with Crippen molar-refractivity contribution in [3.05, 3.63) is 18.2 Å². The van der Waals surface area contributed by atoms with Crippen LogP contribution in [0.1, 0.15) is 19.8 Å². The van der Waals surface area contributed by atoms with Gasteiger partial charge < -0.3 is 24.4 Å². The number of esters is 1. The number of hydrogen-bond acceptors (Lipinski definition) is 7. The number of anilines is 1. The van der Waals surface area contributed by atoms with Crippen LogP contribution in [0.2, 0.25) is 0 Å². The second kappa shape index (κ2) is 7.67. The topological polar surface area (TPSA) is 94.2 Å². The van der Waals surface area contributed by atoms with E-state index in [1.165, 1.54) is 14.2 Å². The lowest BCUT2D eigenvalue weighted by Gasteiger charge is -2.29. The SMILES string of the molecule is COc1ccc(NC(=O)COC(=O)[C@H]2CS[C@@]3(C)CCC(=O)N23)cc1OC. The summed E-state index contributed by atoms with van der Waals surface area (Å²) < 4.78 is 15.5. The van der Waals surface area contributed by atoms with Crippen LogP contribution < -0.4 is 14.8 Å². The number of hydrogen-bond donors (Lipinski definition) is 1. The molecule has 0 bridgehead atoms. The van der Waals surface area contributed by atoms with Crippen molar-refractivity contribution in [2.24, 2.45) is 0 Å². The molecule has 1 aromatic rings. The number of amides is 2. The van der Waals surface area contributed by atoms with Crippen molar-refractivity contribution in [1.82, 2.24) is 4.90 Å². The van der Waals surface area contributed by atoms with E-state index in [-0.39, 0.29) is 10.8 Å². The van der Waals surface area contributed by atoms with E-state index in [1.807, 2.05) is 6.92 Å². The summed E-state index contributed by atoms with van der Waals surface area (Å²) in [6.45, 7) is 1.53. The minimum Gasteiger partial charge on any atom is -0.493 e. The number of fused-ring (bicyclic) bond motifs is 1. The van der Waals surface area contributed by atoms with Gasteiger partial charge in [-0.2, -0.15) is 0 Å². The lowest BCUT2D eigenvalue weighted by molar-refractivity contribution is -0.155. The number of carbonyl (C=O) groups is 3. The predicted molar refractivity (Wildman–Crippen MR) is 99.9 cm³/mol. The molecule has 0 saturated carbocycles. The lowest BCUT2D eigenvalue weighted by Crippen LogP contribution is -2.47. The van der Waals surface area contributed by atoms with E-state index in [9.17, 15) is 14.4 Å². The molecule has 2 atom stereocenters. The zero-order valence-corrected chi connectivity index (χ0v) is 16.3. The average Bonchev–Trinajstić information content (AvgIpc) is 3.15. The lowest BCUT2D eigenvalue weighted by atomic mass is 10.2. The van der Waals surface area contributed by atoms with Crippen LogP contribution in [0, 0.1) is 0 Å². The van der Waals surface area contributed by atoms with Gasteiger partial charge in [-0.1, -0.05) is 0 Å². The number of rotatable bonds is 6. The number of nitrogens with zero attached hydrogens (tertiary/aromatic N) is 1. The van der Waals surface area contributed by atoms with E-state index in [1.54, 1.807) is 34.9 Å². The maximum Gasteiger partial charge on any atom is 0.330 e. The van der Waals surface area contributed by atoms with Gasteiger partial charge in [0.05, 0.1) is 19.1 Å². The molecule has 27 heavy (non-hydrogen) atoms. The molecule has 8 nitrogen and oxygen atoms in total. The highest BCUT2D eigenvalue weighted by Gasteiger charge is 2.53. The summed E-state index contributed by atoms with van der Waals surface area (Å²) in [7, 11) is 3.02. The van der Waals surface area contributed by atoms with Crippen LogP contribution in [0.15, 0.2) is 18.2 Å². The van der Waals surface area contributed by atoms with Gasteiger partial charge >= 0.3 is 5.97 Å². The summed E-state index contributed by atoms with van der Waals surface area (Å²) in [5, 5.41) is 2.64. The molecule has 9 heteroatoms. The van der Waals surface area contributed by atoms with Crippen LogP contribution in [0.4, 0.5) is 5.69 Å². The van der Waals surface area contributed by atoms with Crippen LogP contribution >= 0.6 is 11.8 Å². The Morgan fingerprint density at radius 3 is 2.74 bits per heavy atom. The van der Waals surface area contributed by atoms with E-state index in [2.05, 4.69) is 5.32 Å². The van der Waals surface area contributed by atoms with E-state index in [0.717, 1.165) is 6.42 Å². The summed E-state index contributed by atoms with van der Waals surface area (Å²) in [6.07, 6.45) is 1.16. The van der Waals surface area contributed by atoms with Crippen LogP contribution in [0.5, 0.6) is 11.5 Å². The number of ether oxygens (including phenoxy) is 3. The van der Waals surface area contributed by atoms with E-state index in [4.69, 9.17) is 14.2 Å². The second-order valence-electron chi connectivity index (χ2n) is 6.49. The van der Waals surface area contributed by atoms with Gasteiger partial charge in [0.15, 0.2) is 18.1 Å². The molecule has 2 amide bonds. The van der Waals surface area contributed by atoms with E-state index >= 15 is 0 Å². The standard InChI is InChI=1S/C18H22N2O6S/c1-18-7-6-16(22)20(18)12(10-27-18)17(23)26-9-15(21)19-11-4-5-13(24-2)14(8-11)25-3/h4-5,8,12H,6-7,9-10H2,1-3H3,(H,19,21)/t12-,18+/m1/s1. The van der Waals surface area contributed by atoms with Gasteiger partial charge in [0.25, 0.3) is 5.91 Å². The molecular formula is C18H22N2O6S. The molecule has 0 aromatic heterocycles. The molecule has 2 heterocycles. The third-order valence-electron chi connectivity index (χ3n) is 4.73. The number of benzene rings is 1. The molecule has 0 aliphatic carbocycles.